The Kier molecular flexibility index (Phi) is 2.70. The molecule has 2 atom stereocenters. The number of amides is 1. The summed E-state index contributed by atoms with van der Waals surface area (Å²) >= 11 is 0. The van der Waals surface area contributed by atoms with Crippen molar-refractivity contribution in [1.82, 2.24) is 4.90 Å². The Morgan fingerprint density at radius 3 is 2.19 bits per heavy atom. The molecule has 0 aromatic carbocycles. The van der Waals surface area contributed by atoms with Crippen LogP contribution < -0.4 is 0 Å². The minimum Gasteiger partial charge on any atom is -0.326 e. The second-order valence-electron chi connectivity index (χ2n) is 4.66. The molecule has 0 N–H and O–H groups in total. The van der Waals surface area contributed by atoms with Crippen LogP contribution in [-0.2, 0) is 14.6 Å². The number of rotatable bonds is 1. The van der Waals surface area contributed by atoms with Crippen molar-refractivity contribution in [3.63, 3.8) is 0 Å². The Bertz CT molecular complexity index is 434. The molecule has 0 aliphatic carbocycles. The smallest absolute Gasteiger partial charge is 0.298 e. The summed E-state index contributed by atoms with van der Waals surface area (Å²) in [5, 5.41) is -0.299. The highest BCUT2D eigenvalue weighted by Gasteiger charge is 2.45. The van der Waals surface area contributed by atoms with Crippen molar-refractivity contribution in [2.24, 2.45) is 0 Å². The van der Waals surface area contributed by atoms with Crippen molar-refractivity contribution in [2.75, 3.05) is 6.26 Å². The quantitative estimate of drug-likeness (QED) is 0.616. The highest BCUT2D eigenvalue weighted by atomic mass is 32.2. The van der Waals surface area contributed by atoms with Crippen LogP contribution in [0.1, 0.15) is 25.7 Å². The molecule has 2 rings (SSSR count). The molecular weight excluding hydrogens is 226 g/mol. The standard InChI is InChI=1S/C11H15NO3S/c1-3-11(13)12-8-4-5-9(12)7-10(6-8)16(2,14)15/h1,8-10H,4-7H2,2H3. The third-order valence-electron chi connectivity index (χ3n) is 3.65. The van der Waals surface area contributed by atoms with Crippen LogP contribution in [0.2, 0.25) is 0 Å². The molecule has 88 valence electrons. The summed E-state index contributed by atoms with van der Waals surface area (Å²) in [5.74, 6) is 1.83. The Labute approximate surface area is 95.9 Å². The molecule has 2 aliphatic rings. The lowest BCUT2D eigenvalue weighted by atomic mass is 10.0. The van der Waals surface area contributed by atoms with Gasteiger partial charge in [-0.05, 0) is 31.6 Å². The van der Waals surface area contributed by atoms with Crippen molar-refractivity contribution < 1.29 is 13.2 Å². The third-order valence-corrected chi connectivity index (χ3v) is 5.25. The fraction of sp³-hybridized carbons (Fsp3) is 0.727. The minimum atomic E-state index is -3.00. The van der Waals surface area contributed by atoms with Crippen LogP contribution in [0.3, 0.4) is 0 Å². The maximum Gasteiger partial charge on any atom is 0.298 e. The predicted molar refractivity (Wildman–Crippen MR) is 60.4 cm³/mol. The molecule has 4 nitrogen and oxygen atoms in total. The summed E-state index contributed by atoms with van der Waals surface area (Å²) in [6, 6.07) is 0.0593. The maximum atomic E-state index is 11.5. The van der Waals surface area contributed by atoms with Crippen LogP contribution in [0, 0.1) is 12.3 Å². The molecule has 2 fully saturated rings. The van der Waals surface area contributed by atoms with Gasteiger partial charge in [0.15, 0.2) is 0 Å². The Morgan fingerprint density at radius 2 is 1.81 bits per heavy atom. The van der Waals surface area contributed by atoms with Gasteiger partial charge in [0.2, 0.25) is 0 Å². The number of terminal acetylenes is 1. The lowest BCUT2D eigenvalue weighted by Crippen LogP contribution is -2.49. The van der Waals surface area contributed by atoms with E-state index in [9.17, 15) is 13.2 Å². The van der Waals surface area contributed by atoms with Gasteiger partial charge in [-0.2, -0.15) is 0 Å². The van der Waals surface area contributed by atoms with Gasteiger partial charge in [0.1, 0.15) is 9.84 Å². The molecule has 0 spiro atoms. The molecule has 16 heavy (non-hydrogen) atoms. The van der Waals surface area contributed by atoms with Gasteiger partial charge in [-0.15, -0.1) is 6.42 Å². The molecular formula is C11H15NO3S. The zero-order chi connectivity index (χ0) is 11.9. The highest BCUT2D eigenvalue weighted by molar-refractivity contribution is 7.91. The van der Waals surface area contributed by atoms with Gasteiger partial charge in [0, 0.05) is 18.3 Å². The van der Waals surface area contributed by atoms with E-state index in [-0.39, 0.29) is 23.2 Å². The zero-order valence-electron chi connectivity index (χ0n) is 9.22. The van der Waals surface area contributed by atoms with Crippen molar-refractivity contribution in [2.45, 2.75) is 43.0 Å². The van der Waals surface area contributed by atoms with E-state index in [4.69, 9.17) is 6.42 Å². The van der Waals surface area contributed by atoms with E-state index in [0.29, 0.717) is 12.8 Å². The van der Waals surface area contributed by atoms with Gasteiger partial charge < -0.3 is 4.90 Å². The first-order valence-corrected chi connectivity index (χ1v) is 7.36. The van der Waals surface area contributed by atoms with E-state index in [1.807, 2.05) is 0 Å². The van der Waals surface area contributed by atoms with Gasteiger partial charge in [0.25, 0.3) is 5.91 Å². The average Bonchev–Trinajstić information content (AvgIpc) is 2.46. The summed E-state index contributed by atoms with van der Waals surface area (Å²) in [6.45, 7) is 0. The number of carbonyl (C=O) groups is 1. The topological polar surface area (TPSA) is 54.5 Å². The molecule has 0 radical (unpaired) electrons. The first-order valence-electron chi connectivity index (χ1n) is 5.41. The average molecular weight is 241 g/mol. The molecule has 2 unspecified atom stereocenters. The molecule has 2 saturated heterocycles. The normalized spacial score (nSPS) is 33.5. The SMILES string of the molecule is C#CC(=O)N1C2CCC1CC(S(C)(=O)=O)C2. The van der Waals surface area contributed by atoms with E-state index in [1.54, 1.807) is 4.90 Å². The Balaban J connectivity index is 2.20. The van der Waals surface area contributed by atoms with Crippen molar-refractivity contribution in [1.29, 1.82) is 0 Å². The monoisotopic (exact) mass is 241 g/mol. The molecule has 2 heterocycles. The van der Waals surface area contributed by atoms with Crippen LogP contribution in [0.5, 0.6) is 0 Å². The largest absolute Gasteiger partial charge is 0.326 e. The van der Waals surface area contributed by atoms with Crippen LogP contribution in [-0.4, -0.2) is 42.8 Å². The number of nitrogens with zero attached hydrogens (tertiary/aromatic N) is 1. The molecule has 2 bridgehead atoms. The number of sulfone groups is 1. The number of carbonyl (C=O) groups excluding carboxylic acids is 1. The van der Waals surface area contributed by atoms with Crippen molar-refractivity contribution in [3.8, 4) is 12.3 Å². The molecule has 0 aromatic heterocycles. The molecule has 0 saturated carbocycles. The summed E-state index contributed by atoms with van der Waals surface area (Å²) in [6.07, 6.45) is 9.24. The Morgan fingerprint density at radius 1 is 1.31 bits per heavy atom. The number of hydrogen-bond acceptors (Lipinski definition) is 3. The Hall–Kier alpha value is -1.02. The van der Waals surface area contributed by atoms with E-state index in [1.165, 1.54) is 6.26 Å². The van der Waals surface area contributed by atoms with Gasteiger partial charge in [-0.1, -0.05) is 0 Å². The van der Waals surface area contributed by atoms with Crippen molar-refractivity contribution >= 4 is 15.7 Å². The van der Waals surface area contributed by atoms with E-state index in [2.05, 4.69) is 5.92 Å². The van der Waals surface area contributed by atoms with Gasteiger partial charge in [-0.25, -0.2) is 8.42 Å². The third kappa shape index (κ3) is 1.82. The number of piperidine rings is 1. The van der Waals surface area contributed by atoms with Crippen LogP contribution in [0.4, 0.5) is 0 Å². The lowest BCUT2D eigenvalue weighted by molar-refractivity contribution is -0.129. The maximum absolute atomic E-state index is 11.5. The first kappa shape index (κ1) is 11.5. The molecule has 5 heteroatoms. The molecule has 0 aromatic rings. The van der Waals surface area contributed by atoms with Crippen molar-refractivity contribution in [3.05, 3.63) is 0 Å². The van der Waals surface area contributed by atoms with Crippen LogP contribution >= 0.6 is 0 Å². The predicted octanol–water partition coefficient (Wildman–Crippen LogP) is 0.186. The van der Waals surface area contributed by atoms with E-state index < -0.39 is 9.84 Å². The second kappa shape index (κ2) is 3.77. The van der Waals surface area contributed by atoms with Gasteiger partial charge in [0.05, 0.1) is 5.25 Å². The lowest BCUT2D eigenvalue weighted by Gasteiger charge is -2.37. The van der Waals surface area contributed by atoms with E-state index >= 15 is 0 Å². The second-order valence-corrected chi connectivity index (χ2v) is 6.99. The summed E-state index contributed by atoms with van der Waals surface area (Å²) in [5.41, 5.74) is 0. The van der Waals surface area contributed by atoms with E-state index in [0.717, 1.165) is 12.8 Å². The highest BCUT2D eigenvalue weighted by Crippen LogP contribution is 2.37. The summed E-state index contributed by atoms with van der Waals surface area (Å²) < 4.78 is 23.0. The minimum absolute atomic E-state index is 0.0297. The van der Waals surface area contributed by atoms with Gasteiger partial charge >= 0.3 is 0 Å². The van der Waals surface area contributed by atoms with Gasteiger partial charge in [-0.3, -0.25) is 4.79 Å². The number of fused-ring (bicyclic) bond motifs is 2. The summed E-state index contributed by atoms with van der Waals surface area (Å²) in [4.78, 5) is 13.2. The first-order chi connectivity index (χ1) is 7.43. The summed E-state index contributed by atoms with van der Waals surface area (Å²) in [7, 11) is -3.00. The molecule has 2 aliphatic heterocycles. The number of hydrogen-bond donors (Lipinski definition) is 0. The fourth-order valence-corrected chi connectivity index (χ4v) is 4.03. The van der Waals surface area contributed by atoms with Crippen LogP contribution in [0.25, 0.3) is 0 Å². The fourth-order valence-electron chi connectivity index (χ4n) is 2.88. The van der Waals surface area contributed by atoms with Crippen LogP contribution in [0.15, 0.2) is 0 Å². The molecule has 1 amide bonds. The zero-order valence-corrected chi connectivity index (χ0v) is 10.0.